The molecule has 186 valence electrons. The van der Waals surface area contributed by atoms with E-state index >= 15 is 0 Å². The van der Waals surface area contributed by atoms with E-state index in [0.29, 0.717) is 26.4 Å². The number of Topliss-reactive ketones (excluding diaryl/α,β-unsaturated/α-hetero) is 1. The number of hydrogen-bond acceptors (Lipinski definition) is 6. The Hall–Kier alpha value is -1.89. The number of methoxy groups -OCH3 is 1. The summed E-state index contributed by atoms with van der Waals surface area (Å²) in [4.78, 5) is 15.6. The summed E-state index contributed by atoms with van der Waals surface area (Å²) in [5.41, 5.74) is 3.70. The van der Waals surface area contributed by atoms with Gasteiger partial charge in [0, 0.05) is 56.2 Å². The molecule has 0 aromatic heterocycles. The van der Waals surface area contributed by atoms with Crippen molar-refractivity contribution in [3.05, 3.63) is 41.7 Å². The average Bonchev–Trinajstić information content (AvgIpc) is 3.01. The minimum absolute atomic E-state index is 0.0406. The van der Waals surface area contributed by atoms with Crippen LogP contribution >= 0.6 is 0 Å². The number of allylic oxidation sites excluding steroid dienone is 1. The molecule has 2 unspecified atom stereocenters. The highest BCUT2D eigenvalue weighted by molar-refractivity contribution is 5.87. The summed E-state index contributed by atoms with van der Waals surface area (Å²) in [6, 6.07) is 6.82. The van der Waals surface area contributed by atoms with Gasteiger partial charge in [0.05, 0.1) is 32.2 Å². The summed E-state index contributed by atoms with van der Waals surface area (Å²) >= 11 is 0. The number of carbonyl (C=O) groups excluding carboxylic acids is 1. The van der Waals surface area contributed by atoms with Crippen LogP contribution in [0, 0.1) is 31.6 Å². The number of nitrogens with zero attached hydrogens (tertiary/aromatic N) is 1. The Bertz CT molecular complexity index is 763. The molecule has 0 heterocycles. The van der Waals surface area contributed by atoms with Crippen LogP contribution < -0.4 is 4.90 Å². The van der Waals surface area contributed by atoms with E-state index in [1.807, 2.05) is 13.0 Å². The van der Waals surface area contributed by atoms with Crippen LogP contribution in [0.4, 0.5) is 5.69 Å². The van der Waals surface area contributed by atoms with E-state index in [4.69, 9.17) is 19.3 Å². The van der Waals surface area contributed by atoms with Crippen molar-refractivity contribution in [2.45, 2.75) is 59.6 Å². The van der Waals surface area contributed by atoms with E-state index in [-0.39, 0.29) is 42.3 Å². The third-order valence-corrected chi connectivity index (χ3v) is 6.74. The van der Waals surface area contributed by atoms with Crippen LogP contribution in [0.1, 0.15) is 44.7 Å². The highest BCUT2D eigenvalue weighted by atomic mass is 16.5. The monoisotopic (exact) mass is 461 g/mol. The van der Waals surface area contributed by atoms with Crippen molar-refractivity contribution in [2.75, 3.05) is 45.0 Å². The van der Waals surface area contributed by atoms with Crippen LogP contribution in [-0.4, -0.2) is 63.1 Å². The topological polar surface area (TPSA) is 68.2 Å². The predicted octanol–water partition coefficient (Wildman–Crippen LogP) is 4.30. The second kappa shape index (κ2) is 13.7. The van der Waals surface area contributed by atoms with Gasteiger partial charge in [0.15, 0.2) is 0 Å². The molecule has 0 amide bonds. The van der Waals surface area contributed by atoms with E-state index < -0.39 is 0 Å². The van der Waals surface area contributed by atoms with Gasteiger partial charge in [-0.2, -0.15) is 0 Å². The van der Waals surface area contributed by atoms with Gasteiger partial charge >= 0.3 is 0 Å². The van der Waals surface area contributed by atoms with E-state index in [0.717, 1.165) is 18.5 Å². The quantitative estimate of drug-likeness (QED) is 0.329. The molecule has 0 radical (unpaired) electrons. The van der Waals surface area contributed by atoms with Crippen LogP contribution in [-0.2, 0) is 19.0 Å². The average molecular weight is 462 g/mol. The lowest BCUT2D eigenvalue weighted by Crippen LogP contribution is -2.39. The van der Waals surface area contributed by atoms with Gasteiger partial charge in [0.2, 0.25) is 0 Å². The Kier molecular flexibility index (Phi) is 11.4. The molecular weight excluding hydrogens is 418 g/mol. The van der Waals surface area contributed by atoms with Gasteiger partial charge in [-0.1, -0.05) is 13.0 Å². The minimum atomic E-state index is -0.114. The van der Waals surface area contributed by atoms with Crippen LogP contribution in [0.3, 0.4) is 0 Å². The lowest BCUT2D eigenvalue weighted by Gasteiger charge is -2.34. The molecular formula is C27H43NO5. The van der Waals surface area contributed by atoms with E-state index in [2.05, 4.69) is 50.8 Å². The first kappa shape index (κ1) is 27.4. The molecule has 1 aliphatic rings. The Morgan fingerprint density at radius 2 is 1.91 bits per heavy atom. The van der Waals surface area contributed by atoms with Crippen molar-refractivity contribution in [3.8, 4) is 0 Å². The summed E-state index contributed by atoms with van der Waals surface area (Å²) in [5, 5.41) is 8.71. The van der Waals surface area contributed by atoms with Crippen LogP contribution in [0.25, 0.3) is 0 Å². The molecule has 1 aromatic carbocycles. The number of carbonyl (C=O) groups is 1. The van der Waals surface area contributed by atoms with Gasteiger partial charge in [0.25, 0.3) is 0 Å². The highest BCUT2D eigenvalue weighted by Gasteiger charge is 2.48. The van der Waals surface area contributed by atoms with Crippen molar-refractivity contribution in [3.63, 3.8) is 0 Å². The van der Waals surface area contributed by atoms with Gasteiger partial charge in [-0.05, 0) is 63.5 Å². The Labute approximate surface area is 199 Å². The molecule has 33 heavy (non-hydrogen) atoms. The fourth-order valence-corrected chi connectivity index (χ4v) is 4.70. The van der Waals surface area contributed by atoms with E-state index in [1.165, 1.54) is 11.1 Å². The van der Waals surface area contributed by atoms with Gasteiger partial charge in [-0.25, -0.2) is 0 Å². The maximum atomic E-state index is 13.3. The highest BCUT2D eigenvalue weighted by Crippen LogP contribution is 2.39. The van der Waals surface area contributed by atoms with Crippen LogP contribution in [0.2, 0.25) is 0 Å². The molecule has 2 rings (SSSR count). The van der Waals surface area contributed by atoms with Crippen LogP contribution in [0.5, 0.6) is 0 Å². The molecule has 0 spiro atoms. The number of rotatable bonds is 14. The zero-order valence-electron chi connectivity index (χ0n) is 21.3. The first-order valence-corrected chi connectivity index (χ1v) is 12.2. The summed E-state index contributed by atoms with van der Waals surface area (Å²) in [5.74, 6) is 0.192. The van der Waals surface area contributed by atoms with E-state index in [9.17, 15) is 4.79 Å². The number of hydrogen-bond donors (Lipinski definition) is 1. The molecule has 6 heteroatoms. The van der Waals surface area contributed by atoms with Crippen molar-refractivity contribution >= 4 is 11.5 Å². The zero-order valence-corrected chi connectivity index (χ0v) is 21.3. The number of ketones is 1. The molecule has 1 N–H and O–H groups in total. The van der Waals surface area contributed by atoms with Gasteiger partial charge in [0.1, 0.15) is 5.78 Å². The van der Waals surface area contributed by atoms with Gasteiger partial charge < -0.3 is 24.2 Å². The largest absolute Gasteiger partial charge is 0.501 e. The molecule has 0 bridgehead atoms. The maximum Gasteiger partial charge on any atom is 0.143 e. The van der Waals surface area contributed by atoms with Crippen LogP contribution in [0.15, 0.2) is 30.5 Å². The molecule has 6 nitrogen and oxygen atoms in total. The zero-order chi connectivity index (χ0) is 24.4. The normalized spacial score (nSPS) is 23.1. The SMILES string of the molecule is COC1C(C)C(=O)[C@H](CN(c2ccc(C)c(C)c2)C(C)C)[C@H]1C/C=C\OCCCOCCO. The van der Waals surface area contributed by atoms with Gasteiger partial charge in [-0.3, -0.25) is 4.79 Å². The predicted molar refractivity (Wildman–Crippen MR) is 133 cm³/mol. The number of aryl methyl sites for hydroxylation is 2. The third-order valence-electron chi connectivity index (χ3n) is 6.74. The smallest absolute Gasteiger partial charge is 0.143 e. The first-order chi connectivity index (χ1) is 15.8. The second-order valence-corrected chi connectivity index (χ2v) is 9.34. The van der Waals surface area contributed by atoms with Crippen molar-refractivity contribution in [2.24, 2.45) is 17.8 Å². The standard InChI is InChI=1S/C27H43NO5/c1-19(2)28(23-11-10-20(3)21(4)17-23)18-25-24(27(31-6)22(5)26(25)30)9-7-13-32-14-8-15-33-16-12-29/h7,10-11,13,17,19,22,24-25,27,29H,8-9,12,14-16,18H2,1-6H3/b13-7-/t22?,24-,25-,27?/m1/s1. The molecule has 1 fully saturated rings. The first-order valence-electron chi connectivity index (χ1n) is 12.2. The number of benzene rings is 1. The van der Waals surface area contributed by atoms with Crippen molar-refractivity contribution in [1.82, 2.24) is 0 Å². The Morgan fingerprint density at radius 3 is 2.55 bits per heavy atom. The number of ether oxygens (including phenoxy) is 3. The molecule has 1 saturated carbocycles. The molecule has 1 aliphatic carbocycles. The molecule has 1 aromatic rings. The Morgan fingerprint density at radius 1 is 1.15 bits per heavy atom. The fraction of sp³-hybridized carbons (Fsp3) is 0.667. The second-order valence-electron chi connectivity index (χ2n) is 9.34. The molecule has 0 saturated heterocycles. The fourth-order valence-electron chi connectivity index (χ4n) is 4.70. The third kappa shape index (κ3) is 7.56. The lowest BCUT2D eigenvalue weighted by molar-refractivity contribution is -0.124. The number of anilines is 1. The van der Waals surface area contributed by atoms with Crippen molar-refractivity contribution in [1.29, 1.82) is 0 Å². The maximum absolute atomic E-state index is 13.3. The summed E-state index contributed by atoms with van der Waals surface area (Å²) in [6.07, 6.45) is 5.16. The summed E-state index contributed by atoms with van der Waals surface area (Å²) in [7, 11) is 1.71. The summed E-state index contributed by atoms with van der Waals surface area (Å²) in [6.45, 7) is 12.8. The number of aliphatic hydroxyl groups is 1. The molecule has 0 aliphatic heterocycles. The lowest BCUT2D eigenvalue weighted by atomic mass is 9.90. The van der Waals surface area contributed by atoms with Crippen molar-refractivity contribution < 1.29 is 24.1 Å². The Balaban J connectivity index is 2.06. The molecule has 4 atom stereocenters. The number of aliphatic hydroxyl groups excluding tert-OH is 1. The van der Waals surface area contributed by atoms with E-state index in [1.54, 1.807) is 13.4 Å². The van der Waals surface area contributed by atoms with Gasteiger partial charge in [-0.15, -0.1) is 0 Å². The summed E-state index contributed by atoms with van der Waals surface area (Å²) < 4.78 is 16.6. The minimum Gasteiger partial charge on any atom is -0.501 e.